The van der Waals surface area contributed by atoms with Gasteiger partial charge in [-0.1, -0.05) is 30.4 Å². The molecule has 1 aromatic carbocycles. The monoisotopic (exact) mass is 207 g/mol. The molecule has 3 heteroatoms. The second-order valence-electron chi connectivity index (χ2n) is 3.21. The Bertz CT molecular complexity index is 539. The Kier molecular flexibility index (Phi) is 3.05. The molecular weight excluding hydrogens is 198 g/mol. The molecule has 0 radical (unpaired) electrons. The highest BCUT2D eigenvalue weighted by atomic mass is 15.1. The fourth-order valence-electron chi connectivity index (χ4n) is 1.33. The van der Waals surface area contributed by atoms with Gasteiger partial charge in [-0.05, 0) is 23.3 Å². The number of hydrogen-bond donors (Lipinski definition) is 0. The van der Waals surface area contributed by atoms with Crippen LogP contribution in [0.2, 0.25) is 0 Å². The van der Waals surface area contributed by atoms with Crippen LogP contribution in [-0.2, 0) is 0 Å². The maximum absolute atomic E-state index is 8.91. The van der Waals surface area contributed by atoms with Crippen LogP contribution < -0.4 is 0 Å². The second-order valence-corrected chi connectivity index (χ2v) is 3.21. The minimum atomic E-state index is 0.667. The maximum atomic E-state index is 8.91. The summed E-state index contributed by atoms with van der Waals surface area (Å²) in [5, 5.41) is 16.4. The van der Waals surface area contributed by atoms with Gasteiger partial charge in [-0.2, -0.15) is 15.5 Å². The number of hydrogen-bond acceptors (Lipinski definition) is 3. The summed E-state index contributed by atoms with van der Waals surface area (Å²) in [7, 11) is 0. The molecule has 0 bridgehead atoms. The van der Waals surface area contributed by atoms with Crippen molar-refractivity contribution in [2.24, 2.45) is 0 Å². The van der Waals surface area contributed by atoms with Crippen LogP contribution in [0, 0.1) is 11.3 Å². The number of aromatic nitrogens is 2. The van der Waals surface area contributed by atoms with Crippen molar-refractivity contribution >= 4 is 12.2 Å². The highest BCUT2D eigenvalue weighted by molar-refractivity contribution is 5.72. The second kappa shape index (κ2) is 4.85. The zero-order valence-corrected chi connectivity index (χ0v) is 8.54. The zero-order valence-electron chi connectivity index (χ0n) is 8.54. The lowest BCUT2D eigenvalue weighted by Crippen LogP contribution is -1.81. The lowest BCUT2D eigenvalue weighted by Gasteiger charge is -1.96. The number of nitrogens with zero attached hydrogens (tertiary/aromatic N) is 3. The van der Waals surface area contributed by atoms with Gasteiger partial charge in [-0.3, -0.25) is 0 Å². The van der Waals surface area contributed by atoms with Crippen LogP contribution in [0.15, 0.2) is 42.7 Å². The molecule has 0 unspecified atom stereocenters. The normalized spacial score (nSPS) is 10.2. The van der Waals surface area contributed by atoms with Crippen LogP contribution >= 0.6 is 0 Å². The summed E-state index contributed by atoms with van der Waals surface area (Å²) in [5.41, 5.74) is 2.53. The molecular formula is C13H9N3. The summed E-state index contributed by atoms with van der Waals surface area (Å²) in [6.07, 6.45) is 7.11. The van der Waals surface area contributed by atoms with Crippen LogP contribution in [0.4, 0.5) is 0 Å². The highest BCUT2D eigenvalue weighted by Gasteiger charge is 1.95. The number of nitriles is 1. The Hall–Kier alpha value is -2.47. The summed E-state index contributed by atoms with van der Waals surface area (Å²) in [4.78, 5) is 0. The molecule has 2 aromatic rings. The van der Waals surface area contributed by atoms with Crippen LogP contribution in [0.25, 0.3) is 12.2 Å². The highest BCUT2D eigenvalue weighted by Crippen LogP contribution is 2.11. The molecule has 0 saturated heterocycles. The van der Waals surface area contributed by atoms with Gasteiger partial charge in [0, 0.05) is 0 Å². The first kappa shape index (κ1) is 10.1. The molecule has 3 nitrogen and oxygen atoms in total. The van der Waals surface area contributed by atoms with E-state index in [1.54, 1.807) is 18.5 Å². The summed E-state index contributed by atoms with van der Waals surface area (Å²) in [6, 6.07) is 11.5. The van der Waals surface area contributed by atoms with E-state index < -0.39 is 0 Å². The van der Waals surface area contributed by atoms with Crippen molar-refractivity contribution < 1.29 is 0 Å². The van der Waals surface area contributed by atoms with Gasteiger partial charge in [-0.25, -0.2) is 0 Å². The fourth-order valence-corrected chi connectivity index (χ4v) is 1.33. The molecule has 0 N–H and O–H groups in total. The predicted molar refractivity (Wildman–Crippen MR) is 62.1 cm³/mol. The first-order valence-corrected chi connectivity index (χ1v) is 4.84. The molecule has 76 valence electrons. The van der Waals surface area contributed by atoms with Crippen molar-refractivity contribution in [3.05, 3.63) is 59.4 Å². The van der Waals surface area contributed by atoms with E-state index in [4.69, 9.17) is 5.26 Å². The van der Waals surface area contributed by atoms with E-state index in [0.717, 1.165) is 11.1 Å². The van der Waals surface area contributed by atoms with E-state index >= 15 is 0 Å². The van der Waals surface area contributed by atoms with Gasteiger partial charge in [0.2, 0.25) is 0 Å². The summed E-state index contributed by atoms with van der Waals surface area (Å²) < 4.78 is 0. The zero-order chi connectivity index (χ0) is 11.2. The third-order valence-electron chi connectivity index (χ3n) is 2.14. The lowest BCUT2D eigenvalue weighted by atomic mass is 10.1. The van der Waals surface area contributed by atoms with Crippen molar-refractivity contribution in [1.82, 2.24) is 10.2 Å². The summed E-state index contributed by atoms with van der Waals surface area (Å²) >= 11 is 0. The van der Waals surface area contributed by atoms with E-state index in [1.165, 1.54) is 0 Å². The molecule has 0 atom stereocenters. The molecule has 16 heavy (non-hydrogen) atoms. The van der Waals surface area contributed by atoms with Gasteiger partial charge >= 0.3 is 0 Å². The SMILES string of the molecule is N#Cc1ccccc1/C=C/c1ccnnc1. The first-order chi connectivity index (χ1) is 7.90. The topological polar surface area (TPSA) is 49.6 Å². The Morgan fingerprint density at radius 3 is 2.69 bits per heavy atom. The Balaban J connectivity index is 2.28. The molecule has 2 rings (SSSR count). The molecule has 1 aromatic heterocycles. The van der Waals surface area contributed by atoms with E-state index in [0.29, 0.717) is 5.56 Å². The van der Waals surface area contributed by atoms with E-state index in [-0.39, 0.29) is 0 Å². The van der Waals surface area contributed by atoms with Crippen molar-refractivity contribution in [3.8, 4) is 6.07 Å². The van der Waals surface area contributed by atoms with Gasteiger partial charge in [0.05, 0.1) is 24.0 Å². The summed E-state index contributed by atoms with van der Waals surface area (Å²) in [6.45, 7) is 0. The van der Waals surface area contributed by atoms with Crippen molar-refractivity contribution in [3.63, 3.8) is 0 Å². The molecule has 0 aliphatic rings. The van der Waals surface area contributed by atoms with Crippen molar-refractivity contribution in [2.75, 3.05) is 0 Å². The Morgan fingerprint density at radius 1 is 1.06 bits per heavy atom. The molecule has 0 fully saturated rings. The molecule has 0 saturated carbocycles. The minimum absolute atomic E-state index is 0.667. The van der Waals surface area contributed by atoms with Gasteiger partial charge in [0.25, 0.3) is 0 Å². The Morgan fingerprint density at radius 2 is 1.94 bits per heavy atom. The van der Waals surface area contributed by atoms with Crippen LogP contribution in [0.5, 0.6) is 0 Å². The van der Waals surface area contributed by atoms with Gasteiger partial charge in [0.1, 0.15) is 0 Å². The largest absolute Gasteiger partial charge is 0.192 e. The lowest BCUT2D eigenvalue weighted by molar-refractivity contribution is 1.03. The summed E-state index contributed by atoms with van der Waals surface area (Å²) in [5.74, 6) is 0. The molecule has 1 heterocycles. The van der Waals surface area contributed by atoms with Crippen LogP contribution in [0.1, 0.15) is 16.7 Å². The number of rotatable bonds is 2. The van der Waals surface area contributed by atoms with Gasteiger partial charge in [-0.15, -0.1) is 0 Å². The third kappa shape index (κ3) is 2.31. The molecule has 0 amide bonds. The molecule has 0 aliphatic heterocycles. The van der Waals surface area contributed by atoms with Gasteiger partial charge in [0.15, 0.2) is 0 Å². The van der Waals surface area contributed by atoms with Gasteiger partial charge < -0.3 is 0 Å². The number of benzene rings is 1. The van der Waals surface area contributed by atoms with E-state index in [9.17, 15) is 0 Å². The third-order valence-corrected chi connectivity index (χ3v) is 2.14. The average Bonchev–Trinajstić information content (AvgIpc) is 2.38. The van der Waals surface area contributed by atoms with E-state index in [1.807, 2.05) is 36.4 Å². The van der Waals surface area contributed by atoms with Crippen LogP contribution in [-0.4, -0.2) is 10.2 Å². The fraction of sp³-hybridized carbons (Fsp3) is 0. The molecule has 0 aliphatic carbocycles. The predicted octanol–water partition coefficient (Wildman–Crippen LogP) is 2.52. The maximum Gasteiger partial charge on any atom is 0.0997 e. The molecule has 0 spiro atoms. The standard InChI is InChI=1S/C13H9N3/c14-9-13-4-2-1-3-12(13)6-5-11-7-8-15-16-10-11/h1-8,10H/b6-5+. The van der Waals surface area contributed by atoms with E-state index in [2.05, 4.69) is 16.3 Å². The quantitative estimate of drug-likeness (QED) is 0.760. The van der Waals surface area contributed by atoms with Crippen molar-refractivity contribution in [2.45, 2.75) is 0 Å². The van der Waals surface area contributed by atoms with Crippen molar-refractivity contribution in [1.29, 1.82) is 5.26 Å². The first-order valence-electron chi connectivity index (χ1n) is 4.84. The minimum Gasteiger partial charge on any atom is -0.192 e. The van der Waals surface area contributed by atoms with Crippen LogP contribution in [0.3, 0.4) is 0 Å². The Labute approximate surface area is 93.7 Å². The average molecular weight is 207 g/mol. The smallest absolute Gasteiger partial charge is 0.0997 e.